The van der Waals surface area contributed by atoms with Gasteiger partial charge < -0.3 is 4.90 Å². The zero-order valence-corrected chi connectivity index (χ0v) is 13.9. The van der Waals surface area contributed by atoms with Crippen LogP contribution in [0.25, 0.3) is 0 Å². The molecule has 2 rings (SSSR count). The Morgan fingerprint density at radius 1 is 1.00 bits per heavy atom. The van der Waals surface area contributed by atoms with E-state index in [4.69, 9.17) is 0 Å². The predicted octanol–water partition coefficient (Wildman–Crippen LogP) is 2.49. The summed E-state index contributed by atoms with van der Waals surface area (Å²) < 4.78 is 26.8. The third kappa shape index (κ3) is 4.28. The van der Waals surface area contributed by atoms with Crippen molar-refractivity contribution in [3.63, 3.8) is 0 Å². The van der Waals surface area contributed by atoms with Gasteiger partial charge in [0.15, 0.2) is 0 Å². The quantitative estimate of drug-likeness (QED) is 0.758. The van der Waals surface area contributed by atoms with Gasteiger partial charge >= 0.3 is 0 Å². The Kier molecular flexibility index (Phi) is 5.79. The zero-order chi connectivity index (χ0) is 15.3. The third-order valence-corrected chi connectivity index (χ3v) is 5.98. The predicted molar refractivity (Wildman–Crippen MR) is 85.9 cm³/mol. The van der Waals surface area contributed by atoms with Crippen LogP contribution in [0.5, 0.6) is 0 Å². The van der Waals surface area contributed by atoms with E-state index in [1.165, 1.54) is 19.3 Å². The first-order chi connectivity index (χ1) is 10.0. The maximum Gasteiger partial charge on any atom is 0.243 e. The number of piperazine rings is 1. The second kappa shape index (κ2) is 7.38. The molecule has 1 heterocycles. The van der Waals surface area contributed by atoms with Gasteiger partial charge in [-0.05, 0) is 32.0 Å². The van der Waals surface area contributed by atoms with E-state index in [1.54, 1.807) is 16.4 Å². The van der Waals surface area contributed by atoms with Gasteiger partial charge in [0.05, 0.1) is 4.90 Å². The molecule has 0 spiro atoms. The molecule has 0 N–H and O–H groups in total. The molecule has 1 aliphatic rings. The zero-order valence-electron chi connectivity index (χ0n) is 13.1. The van der Waals surface area contributed by atoms with Gasteiger partial charge in [0, 0.05) is 26.2 Å². The molecule has 0 bridgehead atoms. The maximum atomic E-state index is 12.6. The van der Waals surface area contributed by atoms with Crippen LogP contribution in [0.2, 0.25) is 0 Å². The van der Waals surface area contributed by atoms with Crippen molar-refractivity contribution in [1.29, 1.82) is 0 Å². The Balaban J connectivity index is 1.93. The van der Waals surface area contributed by atoms with Crippen molar-refractivity contribution in [2.24, 2.45) is 0 Å². The third-order valence-electron chi connectivity index (χ3n) is 4.07. The standard InChI is InChI=1S/C16H26N2O2S/c1-3-4-5-10-17-11-13-18(14-12-17)21(19,20)16-8-6-15(2)7-9-16/h6-9H,3-5,10-14H2,1-2H3. The van der Waals surface area contributed by atoms with Crippen LogP contribution in [0.15, 0.2) is 29.2 Å². The van der Waals surface area contributed by atoms with Gasteiger partial charge in [0.2, 0.25) is 10.0 Å². The minimum absolute atomic E-state index is 0.410. The SMILES string of the molecule is CCCCCN1CCN(S(=O)(=O)c2ccc(C)cc2)CC1. The van der Waals surface area contributed by atoms with E-state index in [1.807, 2.05) is 19.1 Å². The van der Waals surface area contributed by atoms with Gasteiger partial charge in [-0.3, -0.25) is 0 Å². The summed E-state index contributed by atoms with van der Waals surface area (Å²) >= 11 is 0. The molecule has 0 unspecified atom stereocenters. The lowest BCUT2D eigenvalue weighted by Crippen LogP contribution is -2.48. The number of aryl methyl sites for hydroxylation is 1. The molecular formula is C16H26N2O2S. The normalized spacial score (nSPS) is 18.0. The molecule has 118 valence electrons. The van der Waals surface area contributed by atoms with Crippen LogP contribution < -0.4 is 0 Å². The van der Waals surface area contributed by atoms with Crippen molar-refractivity contribution in [2.75, 3.05) is 32.7 Å². The second-order valence-corrected chi connectivity index (χ2v) is 7.70. The Labute approximate surface area is 128 Å². The van der Waals surface area contributed by atoms with Gasteiger partial charge in [0.1, 0.15) is 0 Å². The molecule has 1 aromatic carbocycles. The van der Waals surface area contributed by atoms with Crippen LogP contribution in [0, 0.1) is 6.92 Å². The van der Waals surface area contributed by atoms with Crippen molar-refractivity contribution >= 4 is 10.0 Å². The number of unbranched alkanes of at least 4 members (excludes halogenated alkanes) is 2. The van der Waals surface area contributed by atoms with Crippen LogP contribution in [0.3, 0.4) is 0 Å². The molecule has 1 saturated heterocycles. The maximum absolute atomic E-state index is 12.6. The van der Waals surface area contributed by atoms with Crippen LogP contribution in [0.4, 0.5) is 0 Å². The molecule has 1 aliphatic heterocycles. The highest BCUT2D eigenvalue weighted by atomic mass is 32.2. The fourth-order valence-electron chi connectivity index (χ4n) is 2.64. The average Bonchev–Trinajstić information content (AvgIpc) is 2.48. The highest BCUT2D eigenvalue weighted by Gasteiger charge is 2.27. The highest BCUT2D eigenvalue weighted by Crippen LogP contribution is 2.18. The Hall–Kier alpha value is -0.910. The van der Waals surface area contributed by atoms with Crippen molar-refractivity contribution in [2.45, 2.75) is 38.0 Å². The molecule has 21 heavy (non-hydrogen) atoms. The molecule has 0 saturated carbocycles. The number of sulfonamides is 1. The van der Waals surface area contributed by atoms with E-state index in [0.29, 0.717) is 18.0 Å². The summed E-state index contributed by atoms with van der Waals surface area (Å²) in [6.45, 7) is 8.14. The number of benzene rings is 1. The lowest BCUT2D eigenvalue weighted by molar-refractivity contribution is 0.185. The minimum atomic E-state index is -3.32. The van der Waals surface area contributed by atoms with Gasteiger partial charge in [-0.2, -0.15) is 4.31 Å². The molecule has 5 heteroatoms. The van der Waals surface area contributed by atoms with E-state index < -0.39 is 10.0 Å². The van der Waals surface area contributed by atoms with E-state index in [-0.39, 0.29) is 0 Å². The summed E-state index contributed by atoms with van der Waals surface area (Å²) in [7, 11) is -3.32. The largest absolute Gasteiger partial charge is 0.301 e. The Morgan fingerprint density at radius 2 is 1.62 bits per heavy atom. The van der Waals surface area contributed by atoms with Crippen molar-refractivity contribution < 1.29 is 8.42 Å². The first-order valence-electron chi connectivity index (χ1n) is 7.83. The van der Waals surface area contributed by atoms with E-state index in [0.717, 1.165) is 25.2 Å². The molecule has 1 fully saturated rings. The average molecular weight is 310 g/mol. The lowest BCUT2D eigenvalue weighted by atomic mass is 10.2. The number of hydrogen-bond donors (Lipinski definition) is 0. The van der Waals surface area contributed by atoms with Crippen LogP contribution in [0.1, 0.15) is 31.7 Å². The van der Waals surface area contributed by atoms with Crippen LogP contribution >= 0.6 is 0 Å². The molecule has 1 aromatic rings. The lowest BCUT2D eigenvalue weighted by Gasteiger charge is -2.34. The summed E-state index contributed by atoms with van der Waals surface area (Å²) in [6.07, 6.45) is 3.69. The van der Waals surface area contributed by atoms with E-state index >= 15 is 0 Å². The molecule has 0 aromatic heterocycles. The summed E-state index contributed by atoms with van der Waals surface area (Å²) in [6, 6.07) is 7.12. The summed E-state index contributed by atoms with van der Waals surface area (Å²) in [5, 5.41) is 0. The number of nitrogens with zero attached hydrogens (tertiary/aromatic N) is 2. The smallest absolute Gasteiger partial charge is 0.243 e. The molecule has 0 atom stereocenters. The summed E-state index contributed by atoms with van der Waals surface area (Å²) in [4.78, 5) is 2.78. The van der Waals surface area contributed by atoms with Crippen molar-refractivity contribution in [3.05, 3.63) is 29.8 Å². The van der Waals surface area contributed by atoms with Gasteiger partial charge in [-0.15, -0.1) is 0 Å². The first-order valence-corrected chi connectivity index (χ1v) is 9.27. The van der Waals surface area contributed by atoms with E-state index in [9.17, 15) is 8.42 Å². The van der Waals surface area contributed by atoms with Crippen molar-refractivity contribution in [3.8, 4) is 0 Å². The molecule has 0 radical (unpaired) electrons. The van der Waals surface area contributed by atoms with Gasteiger partial charge in [0.25, 0.3) is 0 Å². The fraction of sp³-hybridized carbons (Fsp3) is 0.625. The van der Waals surface area contributed by atoms with Crippen LogP contribution in [-0.2, 0) is 10.0 Å². The molecule has 0 amide bonds. The second-order valence-electron chi connectivity index (χ2n) is 5.77. The first kappa shape index (κ1) is 16.5. The Morgan fingerprint density at radius 3 is 2.19 bits per heavy atom. The van der Waals surface area contributed by atoms with Gasteiger partial charge in [-0.25, -0.2) is 8.42 Å². The van der Waals surface area contributed by atoms with Gasteiger partial charge in [-0.1, -0.05) is 37.5 Å². The summed E-state index contributed by atoms with van der Waals surface area (Å²) in [5.41, 5.74) is 1.08. The Bertz CT molecular complexity index is 532. The number of hydrogen-bond acceptors (Lipinski definition) is 3. The van der Waals surface area contributed by atoms with E-state index in [2.05, 4.69) is 11.8 Å². The summed E-state index contributed by atoms with van der Waals surface area (Å²) in [5.74, 6) is 0. The fourth-order valence-corrected chi connectivity index (χ4v) is 4.06. The number of rotatable bonds is 6. The molecular weight excluding hydrogens is 284 g/mol. The van der Waals surface area contributed by atoms with Crippen molar-refractivity contribution in [1.82, 2.24) is 9.21 Å². The monoisotopic (exact) mass is 310 g/mol. The van der Waals surface area contributed by atoms with Crippen LogP contribution in [-0.4, -0.2) is 50.3 Å². The molecule has 0 aliphatic carbocycles. The minimum Gasteiger partial charge on any atom is -0.301 e. The highest BCUT2D eigenvalue weighted by molar-refractivity contribution is 7.89. The molecule has 4 nitrogen and oxygen atoms in total. The topological polar surface area (TPSA) is 40.6 Å².